The molecule has 1 rings (SSSR count). The summed E-state index contributed by atoms with van der Waals surface area (Å²) < 4.78 is 12.2. The van der Waals surface area contributed by atoms with Crippen LogP contribution in [0.2, 0.25) is 0 Å². The fraction of sp³-hybridized carbons (Fsp3) is 0.600. The highest BCUT2D eigenvalue weighted by molar-refractivity contribution is 9.10. The second kappa shape index (κ2) is 10.0. The van der Waals surface area contributed by atoms with Gasteiger partial charge in [0.05, 0.1) is 13.7 Å². The van der Waals surface area contributed by atoms with Gasteiger partial charge in [-0.1, -0.05) is 22.9 Å². The number of benzene rings is 1. The molecule has 1 aromatic carbocycles. The Morgan fingerprint density at radius 2 is 2.10 bits per heavy atom. The Morgan fingerprint density at radius 1 is 1.30 bits per heavy atom. The van der Waals surface area contributed by atoms with Crippen LogP contribution in [-0.4, -0.2) is 32.0 Å². The molecular weight excluding hydrogens is 322 g/mol. The summed E-state index contributed by atoms with van der Waals surface area (Å²) >= 11 is 3.49. The van der Waals surface area contributed by atoms with Crippen molar-refractivity contribution in [3.63, 3.8) is 0 Å². The maximum Gasteiger partial charge on any atom is 0.165 e. The number of hydrogen-bond donors (Lipinski definition) is 2. The summed E-state index contributed by atoms with van der Waals surface area (Å²) in [5.41, 5.74) is 1.08. The number of unbranched alkanes of at least 4 members (excludes halogenated alkanes) is 1. The van der Waals surface area contributed by atoms with Crippen molar-refractivity contribution in [3.8, 4) is 11.5 Å². The van der Waals surface area contributed by atoms with E-state index in [9.17, 15) is 0 Å². The first kappa shape index (κ1) is 17.3. The molecule has 0 aromatic heterocycles. The highest BCUT2D eigenvalue weighted by Gasteiger charge is 2.12. The zero-order chi connectivity index (χ0) is 14.8. The Labute approximate surface area is 129 Å². The Kier molecular flexibility index (Phi) is 8.65. The van der Waals surface area contributed by atoms with E-state index in [1.807, 2.05) is 12.1 Å². The molecule has 114 valence electrons. The minimum Gasteiger partial charge on any atom is -0.493 e. The molecule has 0 unspecified atom stereocenters. The summed E-state index contributed by atoms with van der Waals surface area (Å²) in [6.07, 6.45) is 2.75. The third-order valence-electron chi connectivity index (χ3n) is 2.84. The number of aliphatic hydroxyl groups excluding tert-OH is 1. The quantitative estimate of drug-likeness (QED) is 0.639. The molecule has 0 aliphatic heterocycles. The average Bonchev–Trinajstić information content (AvgIpc) is 2.45. The molecule has 0 aliphatic rings. The first-order chi connectivity index (χ1) is 9.72. The second-order valence-electron chi connectivity index (χ2n) is 4.55. The van der Waals surface area contributed by atoms with Gasteiger partial charge in [0.2, 0.25) is 0 Å². The standard InChI is InChI=1S/C15H24BrNO3/c1-3-8-20-15-12(11-17-6-4-5-7-18)9-13(16)10-14(15)19-2/h9-10,17-18H,3-8,11H2,1-2H3. The Morgan fingerprint density at radius 3 is 2.75 bits per heavy atom. The summed E-state index contributed by atoms with van der Waals surface area (Å²) in [7, 11) is 1.65. The zero-order valence-corrected chi connectivity index (χ0v) is 13.8. The molecule has 0 fully saturated rings. The van der Waals surface area contributed by atoms with Crippen molar-refractivity contribution in [2.75, 3.05) is 26.9 Å². The van der Waals surface area contributed by atoms with Crippen LogP contribution in [0.15, 0.2) is 16.6 Å². The molecular formula is C15H24BrNO3. The zero-order valence-electron chi connectivity index (χ0n) is 12.2. The van der Waals surface area contributed by atoms with E-state index in [2.05, 4.69) is 28.2 Å². The smallest absolute Gasteiger partial charge is 0.165 e. The van der Waals surface area contributed by atoms with E-state index >= 15 is 0 Å². The molecule has 0 atom stereocenters. The number of methoxy groups -OCH3 is 1. The van der Waals surface area contributed by atoms with Gasteiger partial charge < -0.3 is 19.9 Å². The maximum absolute atomic E-state index is 8.76. The van der Waals surface area contributed by atoms with Crippen molar-refractivity contribution in [1.29, 1.82) is 0 Å². The topological polar surface area (TPSA) is 50.7 Å². The Bertz CT molecular complexity index is 399. The number of halogens is 1. The van der Waals surface area contributed by atoms with Gasteiger partial charge in [-0.25, -0.2) is 0 Å². The SMILES string of the molecule is CCCOc1c(CNCCCCO)cc(Br)cc1OC. The molecule has 0 spiro atoms. The second-order valence-corrected chi connectivity index (χ2v) is 5.47. The molecule has 20 heavy (non-hydrogen) atoms. The van der Waals surface area contributed by atoms with Gasteiger partial charge in [-0.15, -0.1) is 0 Å². The third kappa shape index (κ3) is 5.69. The summed E-state index contributed by atoms with van der Waals surface area (Å²) in [6, 6.07) is 3.97. The van der Waals surface area contributed by atoms with Crippen molar-refractivity contribution in [2.24, 2.45) is 0 Å². The first-order valence-corrected chi connectivity index (χ1v) is 7.83. The van der Waals surface area contributed by atoms with Gasteiger partial charge in [0.1, 0.15) is 0 Å². The summed E-state index contributed by atoms with van der Waals surface area (Å²) in [5.74, 6) is 1.56. The Balaban J connectivity index is 2.72. The van der Waals surface area contributed by atoms with E-state index in [1.54, 1.807) is 7.11 Å². The van der Waals surface area contributed by atoms with Gasteiger partial charge in [0.25, 0.3) is 0 Å². The molecule has 0 amide bonds. The molecule has 0 aliphatic carbocycles. The van der Waals surface area contributed by atoms with Gasteiger partial charge >= 0.3 is 0 Å². The van der Waals surface area contributed by atoms with Crippen molar-refractivity contribution >= 4 is 15.9 Å². The molecule has 4 nitrogen and oxygen atoms in total. The molecule has 0 bridgehead atoms. The largest absolute Gasteiger partial charge is 0.493 e. The first-order valence-electron chi connectivity index (χ1n) is 7.03. The minimum absolute atomic E-state index is 0.247. The predicted molar refractivity (Wildman–Crippen MR) is 84.5 cm³/mol. The summed E-state index contributed by atoms with van der Waals surface area (Å²) in [6.45, 7) is 4.60. The lowest BCUT2D eigenvalue weighted by atomic mass is 10.1. The average molecular weight is 346 g/mol. The van der Waals surface area contributed by atoms with Gasteiger partial charge in [-0.3, -0.25) is 0 Å². The van der Waals surface area contributed by atoms with E-state index in [0.717, 1.165) is 53.9 Å². The number of nitrogens with one attached hydrogen (secondary N) is 1. The van der Waals surface area contributed by atoms with Crippen molar-refractivity contribution < 1.29 is 14.6 Å². The van der Waals surface area contributed by atoms with Crippen LogP contribution in [0.5, 0.6) is 11.5 Å². The van der Waals surface area contributed by atoms with Crippen LogP contribution in [0.1, 0.15) is 31.7 Å². The molecule has 0 saturated carbocycles. The number of hydrogen-bond acceptors (Lipinski definition) is 4. The van der Waals surface area contributed by atoms with Crippen LogP contribution >= 0.6 is 15.9 Å². The molecule has 0 saturated heterocycles. The van der Waals surface area contributed by atoms with Crippen molar-refractivity contribution in [2.45, 2.75) is 32.7 Å². The summed E-state index contributed by atoms with van der Waals surface area (Å²) in [5, 5.41) is 12.1. The highest BCUT2D eigenvalue weighted by Crippen LogP contribution is 2.35. The van der Waals surface area contributed by atoms with E-state index in [4.69, 9.17) is 14.6 Å². The van der Waals surface area contributed by atoms with Gasteiger partial charge in [-0.05, 0) is 37.9 Å². The maximum atomic E-state index is 8.76. The van der Waals surface area contributed by atoms with E-state index in [-0.39, 0.29) is 6.61 Å². The summed E-state index contributed by atoms with van der Waals surface area (Å²) in [4.78, 5) is 0. The Hall–Kier alpha value is -0.780. The lowest BCUT2D eigenvalue weighted by Crippen LogP contribution is -2.16. The van der Waals surface area contributed by atoms with Gasteiger partial charge in [0, 0.05) is 23.2 Å². The molecule has 0 heterocycles. The normalized spacial score (nSPS) is 10.6. The van der Waals surface area contributed by atoms with Crippen molar-refractivity contribution in [3.05, 3.63) is 22.2 Å². The lowest BCUT2D eigenvalue weighted by Gasteiger charge is -2.16. The fourth-order valence-corrected chi connectivity index (χ4v) is 2.34. The number of rotatable bonds is 10. The third-order valence-corrected chi connectivity index (χ3v) is 3.30. The van der Waals surface area contributed by atoms with Gasteiger partial charge in [-0.2, -0.15) is 0 Å². The van der Waals surface area contributed by atoms with Crippen LogP contribution in [0.25, 0.3) is 0 Å². The molecule has 5 heteroatoms. The van der Waals surface area contributed by atoms with Crippen LogP contribution in [0.3, 0.4) is 0 Å². The van der Waals surface area contributed by atoms with Crippen LogP contribution in [-0.2, 0) is 6.54 Å². The van der Waals surface area contributed by atoms with E-state index < -0.39 is 0 Å². The molecule has 0 radical (unpaired) electrons. The van der Waals surface area contributed by atoms with Crippen molar-refractivity contribution in [1.82, 2.24) is 5.32 Å². The van der Waals surface area contributed by atoms with Crippen LogP contribution < -0.4 is 14.8 Å². The number of aliphatic hydroxyl groups is 1. The molecule has 1 aromatic rings. The fourth-order valence-electron chi connectivity index (χ4n) is 1.86. The molecule has 2 N–H and O–H groups in total. The minimum atomic E-state index is 0.247. The lowest BCUT2D eigenvalue weighted by molar-refractivity contribution is 0.282. The van der Waals surface area contributed by atoms with Gasteiger partial charge in [0.15, 0.2) is 11.5 Å². The van der Waals surface area contributed by atoms with E-state index in [0.29, 0.717) is 6.61 Å². The predicted octanol–water partition coefficient (Wildman–Crippen LogP) is 3.11. The highest BCUT2D eigenvalue weighted by atomic mass is 79.9. The number of ether oxygens (including phenoxy) is 2. The van der Waals surface area contributed by atoms with Crippen LogP contribution in [0, 0.1) is 0 Å². The van der Waals surface area contributed by atoms with Crippen LogP contribution in [0.4, 0.5) is 0 Å². The monoisotopic (exact) mass is 345 g/mol. The van der Waals surface area contributed by atoms with E-state index in [1.165, 1.54) is 0 Å².